The Balaban J connectivity index is 1.53. The van der Waals surface area contributed by atoms with E-state index in [1.807, 2.05) is 48.7 Å². The first-order valence-corrected chi connectivity index (χ1v) is 11.4. The van der Waals surface area contributed by atoms with Crippen molar-refractivity contribution in [1.29, 1.82) is 0 Å². The molecule has 1 fully saturated rings. The number of nitrogens with zero attached hydrogens (tertiary/aromatic N) is 1. The molecule has 2 heterocycles. The van der Waals surface area contributed by atoms with E-state index >= 15 is 0 Å². The predicted octanol–water partition coefficient (Wildman–Crippen LogP) is 3.74. The number of benzene rings is 2. The topological polar surface area (TPSA) is 87.7 Å². The highest BCUT2D eigenvalue weighted by atomic mass is 32.1. The van der Waals surface area contributed by atoms with E-state index in [2.05, 4.69) is 10.6 Å². The average molecular weight is 464 g/mol. The molecule has 0 unspecified atom stereocenters. The third kappa shape index (κ3) is 4.47. The van der Waals surface area contributed by atoms with E-state index in [4.69, 9.17) is 4.74 Å². The zero-order valence-corrected chi connectivity index (χ0v) is 19.4. The third-order valence-corrected chi connectivity index (χ3v) is 6.70. The molecular weight excluding hydrogens is 438 g/mol. The second-order valence-electron chi connectivity index (χ2n) is 8.11. The number of nitrogens with one attached hydrogen (secondary N) is 2. The summed E-state index contributed by atoms with van der Waals surface area (Å²) in [6.45, 7) is 3.25. The first-order chi connectivity index (χ1) is 15.8. The van der Waals surface area contributed by atoms with Crippen LogP contribution in [0, 0.1) is 6.92 Å². The molecule has 3 aromatic rings. The van der Waals surface area contributed by atoms with Crippen molar-refractivity contribution in [3.05, 3.63) is 87.6 Å². The van der Waals surface area contributed by atoms with Crippen LogP contribution in [-0.2, 0) is 15.1 Å². The lowest BCUT2D eigenvalue weighted by Gasteiger charge is -2.23. The second kappa shape index (κ2) is 9.07. The highest BCUT2D eigenvalue weighted by Gasteiger charge is 2.49. The van der Waals surface area contributed by atoms with E-state index in [0.29, 0.717) is 11.3 Å². The first kappa shape index (κ1) is 22.5. The minimum Gasteiger partial charge on any atom is -0.497 e. The number of imide groups is 1. The van der Waals surface area contributed by atoms with Gasteiger partial charge in [0.25, 0.3) is 5.91 Å². The van der Waals surface area contributed by atoms with E-state index < -0.39 is 23.4 Å². The number of amides is 4. The second-order valence-corrected chi connectivity index (χ2v) is 9.08. The largest absolute Gasteiger partial charge is 0.497 e. The van der Waals surface area contributed by atoms with Crippen molar-refractivity contribution in [3.63, 3.8) is 0 Å². The Bertz CT molecular complexity index is 1180. The van der Waals surface area contributed by atoms with Crippen molar-refractivity contribution in [3.8, 4) is 5.75 Å². The highest BCUT2D eigenvalue weighted by molar-refractivity contribution is 7.10. The molecule has 1 aromatic heterocycles. The summed E-state index contributed by atoms with van der Waals surface area (Å²) in [6, 6.07) is 17.7. The Hall–Kier alpha value is -3.65. The Morgan fingerprint density at radius 1 is 1.15 bits per heavy atom. The summed E-state index contributed by atoms with van der Waals surface area (Å²) in [5.74, 6) is -0.338. The first-order valence-electron chi connectivity index (χ1n) is 10.5. The number of thiophene rings is 1. The minimum absolute atomic E-state index is 0.372. The molecule has 1 aliphatic rings. The molecule has 0 radical (unpaired) electrons. The maximum atomic E-state index is 13.2. The van der Waals surface area contributed by atoms with Crippen LogP contribution < -0.4 is 15.4 Å². The van der Waals surface area contributed by atoms with Crippen molar-refractivity contribution in [2.24, 2.45) is 0 Å². The number of hydrogen-bond donors (Lipinski definition) is 2. The van der Waals surface area contributed by atoms with Crippen LogP contribution in [0.4, 0.5) is 4.79 Å². The Labute approximate surface area is 196 Å². The normalized spacial score (nSPS) is 18.7. The number of aryl methyl sites for hydroxylation is 1. The Morgan fingerprint density at radius 2 is 1.91 bits per heavy atom. The zero-order valence-electron chi connectivity index (χ0n) is 18.6. The van der Waals surface area contributed by atoms with Crippen LogP contribution in [0.3, 0.4) is 0 Å². The van der Waals surface area contributed by atoms with Crippen molar-refractivity contribution in [1.82, 2.24) is 15.5 Å². The maximum Gasteiger partial charge on any atom is 0.325 e. The molecule has 1 saturated heterocycles. The molecule has 8 heteroatoms. The van der Waals surface area contributed by atoms with Crippen molar-refractivity contribution in [2.45, 2.75) is 25.4 Å². The van der Waals surface area contributed by atoms with Crippen LogP contribution >= 0.6 is 11.3 Å². The van der Waals surface area contributed by atoms with Gasteiger partial charge in [0.05, 0.1) is 13.2 Å². The lowest BCUT2D eigenvalue weighted by atomic mass is 9.92. The number of methoxy groups -OCH3 is 1. The summed E-state index contributed by atoms with van der Waals surface area (Å²) < 4.78 is 5.24. The van der Waals surface area contributed by atoms with Gasteiger partial charge in [0.1, 0.15) is 17.8 Å². The lowest BCUT2D eigenvalue weighted by molar-refractivity contribution is -0.135. The molecule has 170 valence electrons. The monoisotopic (exact) mass is 463 g/mol. The van der Waals surface area contributed by atoms with Crippen LogP contribution in [0.25, 0.3) is 0 Å². The summed E-state index contributed by atoms with van der Waals surface area (Å²) in [7, 11) is 1.53. The minimum atomic E-state index is -1.28. The van der Waals surface area contributed by atoms with E-state index in [0.717, 1.165) is 20.9 Å². The number of ether oxygens (including phenoxy) is 1. The number of rotatable bonds is 7. The lowest BCUT2D eigenvalue weighted by Crippen LogP contribution is -2.44. The van der Waals surface area contributed by atoms with Gasteiger partial charge in [0.2, 0.25) is 5.91 Å². The molecule has 33 heavy (non-hydrogen) atoms. The van der Waals surface area contributed by atoms with Crippen molar-refractivity contribution in [2.75, 3.05) is 13.7 Å². The van der Waals surface area contributed by atoms with Gasteiger partial charge < -0.3 is 15.4 Å². The van der Waals surface area contributed by atoms with Crippen LogP contribution in [-0.4, -0.2) is 36.4 Å². The van der Waals surface area contributed by atoms with Gasteiger partial charge in [-0.2, -0.15) is 0 Å². The molecule has 0 bridgehead atoms. The summed E-state index contributed by atoms with van der Waals surface area (Å²) in [4.78, 5) is 40.8. The molecule has 4 rings (SSSR count). The molecule has 0 aliphatic carbocycles. The molecule has 1 aliphatic heterocycles. The van der Waals surface area contributed by atoms with E-state index in [1.54, 1.807) is 31.2 Å². The molecule has 0 spiro atoms. The number of urea groups is 1. The fourth-order valence-electron chi connectivity index (χ4n) is 3.85. The van der Waals surface area contributed by atoms with Gasteiger partial charge in [0, 0.05) is 4.88 Å². The summed E-state index contributed by atoms with van der Waals surface area (Å²) in [6.07, 6.45) is 0. The van der Waals surface area contributed by atoms with Crippen LogP contribution in [0.1, 0.15) is 34.5 Å². The molecule has 4 amide bonds. The van der Waals surface area contributed by atoms with E-state index in [-0.39, 0.29) is 12.6 Å². The zero-order chi connectivity index (χ0) is 23.6. The van der Waals surface area contributed by atoms with Gasteiger partial charge >= 0.3 is 6.03 Å². The summed E-state index contributed by atoms with van der Waals surface area (Å²) in [5.41, 5.74) is 1.34. The smallest absolute Gasteiger partial charge is 0.325 e. The van der Waals surface area contributed by atoms with Gasteiger partial charge in [0.15, 0.2) is 0 Å². The number of carbonyl (C=O) groups is 3. The number of hydrogen-bond acceptors (Lipinski definition) is 5. The van der Waals surface area contributed by atoms with Gasteiger partial charge in [-0.1, -0.05) is 48.0 Å². The summed E-state index contributed by atoms with van der Waals surface area (Å²) >= 11 is 1.53. The van der Waals surface area contributed by atoms with Gasteiger partial charge in [-0.25, -0.2) is 4.79 Å². The van der Waals surface area contributed by atoms with Crippen molar-refractivity contribution < 1.29 is 19.1 Å². The average Bonchev–Trinajstić information content (AvgIpc) is 3.42. The van der Waals surface area contributed by atoms with E-state index in [1.165, 1.54) is 18.4 Å². The quantitative estimate of drug-likeness (QED) is 0.523. The van der Waals surface area contributed by atoms with Crippen LogP contribution in [0.2, 0.25) is 0 Å². The SMILES string of the molecule is COc1cccc([C@@]2(C)NC(=O)N(CC(=O)N[C@H](c3ccc(C)cc3)c3cccs3)C2=O)c1. The fourth-order valence-corrected chi connectivity index (χ4v) is 4.66. The van der Waals surface area contributed by atoms with Gasteiger partial charge in [-0.15, -0.1) is 11.3 Å². The molecule has 2 aromatic carbocycles. The maximum absolute atomic E-state index is 13.2. The fraction of sp³-hybridized carbons (Fsp3) is 0.240. The molecule has 2 atom stereocenters. The molecule has 2 N–H and O–H groups in total. The van der Waals surface area contributed by atoms with E-state index in [9.17, 15) is 14.4 Å². The van der Waals surface area contributed by atoms with Crippen molar-refractivity contribution >= 4 is 29.2 Å². The molecule has 0 saturated carbocycles. The third-order valence-electron chi connectivity index (χ3n) is 5.77. The Kier molecular flexibility index (Phi) is 6.20. The van der Waals surface area contributed by atoms with Gasteiger partial charge in [-0.3, -0.25) is 14.5 Å². The summed E-state index contributed by atoms with van der Waals surface area (Å²) in [5, 5.41) is 7.66. The standard InChI is InChI=1S/C25H25N3O4S/c1-16-9-11-17(12-10-16)22(20-8-5-13-33-20)26-21(29)15-28-23(30)25(2,27-24(28)31)18-6-4-7-19(14-18)32-3/h4-14,22H,15H2,1-3H3,(H,26,29)(H,27,31)/t22-,25-/m1/s1. The number of carbonyl (C=O) groups excluding carboxylic acids is 3. The van der Waals surface area contributed by atoms with Crippen LogP contribution in [0.5, 0.6) is 5.75 Å². The highest BCUT2D eigenvalue weighted by Crippen LogP contribution is 2.31. The predicted molar refractivity (Wildman–Crippen MR) is 126 cm³/mol. The Morgan fingerprint density at radius 3 is 2.58 bits per heavy atom. The van der Waals surface area contributed by atoms with Crippen LogP contribution in [0.15, 0.2) is 66.0 Å². The molecule has 7 nitrogen and oxygen atoms in total. The van der Waals surface area contributed by atoms with Gasteiger partial charge in [-0.05, 0) is 48.6 Å². The molecular formula is C25H25N3O4S.